The monoisotopic (exact) mass is 352 g/mol. The maximum absolute atomic E-state index is 11.3. The Morgan fingerprint density at radius 3 is 2.44 bits per heavy atom. The van der Waals surface area contributed by atoms with Crippen molar-refractivity contribution in [2.24, 2.45) is 0 Å². The predicted molar refractivity (Wildman–Crippen MR) is 83.4 cm³/mol. The lowest BCUT2D eigenvalue weighted by Gasteiger charge is -2.39. The van der Waals surface area contributed by atoms with Crippen LogP contribution in [-0.4, -0.2) is 63.7 Å². The topological polar surface area (TPSA) is 126 Å². The van der Waals surface area contributed by atoms with Crippen LogP contribution in [0.25, 0.3) is 0 Å². The molecule has 6 atom stereocenters. The molecule has 1 fully saturated rings. The third-order valence-corrected chi connectivity index (χ3v) is 4.22. The molecule has 1 saturated heterocycles. The van der Waals surface area contributed by atoms with Gasteiger partial charge in [0.1, 0.15) is 36.3 Å². The van der Waals surface area contributed by atoms with Gasteiger partial charge in [-0.1, -0.05) is 18.2 Å². The van der Waals surface area contributed by atoms with Gasteiger partial charge in [-0.05, 0) is 17.7 Å². The second-order valence-electron chi connectivity index (χ2n) is 5.95. The van der Waals surface area contributed by atoms with Crippen LogP contribution in [0.5, 0.6) is 5.75 Å². The molecule has 0 amide bonds. The van der Waals surface area contributed by atoms with Crippen molar-refractivity contribution >= 4 is 5.97 Å². The average molecular weight is 352 g/mol. The average Bonchev–Trinajstić information content (AvgIpc) is 2.63. The zero-order valence-electron chi connectivity index (χ0n) is 13.3. The minimum atomic E-state index is -1.50. The molecule has 25 heavy (non-hydrogen) atoms. The summed E-state index contributed by atoms with van der Waals surface area (Å²) in [5.74, 6) is -0.0383. The number of aliphatic hydroxyl groups excluding tert-OH is 4. The molecular formula is C17H20O8. The summed E-state index contributed by atoms with van der Waals surface area (Å²) in [6.45, 7) is -0.524. The van der Waals surface area contributed by atoms with Gasteiger partial charge in [0.15, 0.2) is 0 Å². The summed E-state index contributed by atoms with van der Waals surface area (Å²) in [5, 5.41) is 38.6. The van der Waals surface area contributed by atoms with Crippen molar-refractivity contribution in [1.82, 2.24) is 0 Å². The van der Waals surface area contributed by atoms with E-state index in [1.807, 2.05) is 0 Å². The number of carbonyl (C=O) groups is 1. The number of cyclic esters (lactones) is 1. The Morgan fingerprint density at radius 2 is 1.80 bits per heavy atom. The summed E-state index contributed by atoms with van der Waals surface area (Å²) in [6, 6.07) is 6.67. The first kappa shape index (κ1) is 17.8. The van der Waals surface area contributed by atoms with E-state index in [4.69, 9.17) is 14.2 Å². The van der Waals surface area contributed by atoms with E-state index in [9.17, 15) is 25.2 Å². The maximum Gasteiger partial charge on any atom is 0.331 e. The summed E-state index contributed by atoms with van der Waals surface area (Å²) in [6.07, 6.45) is -3.32. The number of hydrogen-bond donors (Lipinski definition) is 4. The van der Waals surface area contributed by atoms with Crippen molar-refractivity contribution in [3.05, 3.63) is 42.0 Å². The third-order valence-electron chi connectivity index (χ3n) is 4.22. The van der Waals surface area contributed by atoms with Crippen molar-refractivity contribution in [2.75, 3.05) is 6.61 Å². The first-order chi connectivity index (χ1) is 12.0. The second-order valence-corrected chi connectivity index (χ2v) is 5.95. The standard InChI is InChI=1S/C17H20O8/c18-8-12-14(20)15(21)16(22)17(25-12)23-10-6-4-9(5-7-10)11-2-1-3-13(19)24-11/h1,3-7,11-12,14-18,20-22H,2,8H2/t11-,12-,14-,15+,16-,17-/m1/s1. The predicted octanol–water partition coefficient (Wildman–Crippen LogP) is -0.591. The summed E-state index contributed by atoms with van der Waals surface area (Å²) >= 11 is 0. The fraction of sp³-hybridized carbons (Fsp3) is 0.471. The molecule has 1 aromatic rings. The molecule has 1 aromatic carbocycles. The summed E-state index contributed by atoms with van der Waals surface area (Å²) in [7, 11) is 0. The quantitative estimate of drug-likeness (QED) is 0.530. The van der Waals surface area contributed by atoms with Crippen molar-refractivity contribution in [3.8, 4) is 5.75 Å². The van der Waals surface area contributed by atoms with E-state index < -0.39 is 43.3 Å². The molecule has 3 rings (SSSR count). The van der Waals surface area contributed by atoms with Gasteiger partial charge in [-0.15, -0.1) is 0 Å². The second kappa shape index (κ2) is 7.51. The first-order valence-corrected chi connectivity index (χ1v) is 7.94. The summed E-state index contributed by atoms with van der Waals surface area (Å²) in [5.41, 5.74) is 0.791. The Balaban J connectivity index is 1.66. The van der Waals surface area contributed by atoms with Gasteiger partial charge in [-0.2, -0.15) is 0 Å². The first-order valence-electron chi connectivity index (χ1n) is 7.94. The zero-order valence-corrected chi connectivity index (χ0v) is 13.3. The number of hydrogen-bond acceptors (Lipinski definition) is 8. The fourth-order valence-electron chi connectivity index (χ4n) is 2.78. The van der Waals surface area contributed by atoms with Crippen molar-refractivity contribution in [1.29, 1.82) is 0 Å². The van der Waals surface area contributed by atoms with E-state index in [2.05, 4.69) is 0 Å². The van der Waals surface area contributed by atoms with Crippen LogP contribution in [0.2, 0.25) is 0 Å². The molecule has 0 spiro atoms. The summed E-state index contributed by atoms with van der Waals surface area (Å²) < 4.78 is 16.0. The molecule has 2 aliphatic rings. The minimum absolute atomic E-state index is 0.353. The SMILES string of the molecule is O=C1C=CC[C@H](c2ccc(O[C@@H]3O[C@H](CO)[C@@H](O)[C@H](O)[C@H]3O)cc2)O1. The molecule has 2 aliphatic heterocycles. The van der Waals surface area contributed by atoms with Gasteiger partial charge in [0.05, 0.1) is 6.61 Å². The molecular weight excluding hydrogens is 332 g/mol. The Hall–Kier alpha value is -1.97. The highest BCUT2D eigenvalue weighted by Crippen LogP contribution is 2.28. The van der Waals surface area contributed by atoms with E-state index in [1.165, 1.54) is 6.08 Å². The molecule has 0 aliphatic carbocycles. The highest BCUT2D eigenvalue weighted by Gasteiger charge is 2.44. The number of rotatable bonds is 4. The molecule has 0 radical (unpaired) electrons. The van der Waals surface area contributed by atoms with Crippen LogP contribution in [0, 0.1) is 0 Å². The molecule has 0 bridgehead atoms. The highest BCUT2D eigenvalue weighted by molar-refractivity contribution is 5.82. The zero-order chi connectivity index (χ0) is 18.0. The van der Waals surface area contributed by atoms with E-state index in [0.29, 0.717) is 12.2 Å². The number of aliphatic hydroxyl groups is 4. The van der Waals surface area contributed by atoms with Gasteiger partial charge in [0, 0.05) is 12.5 Å². The van der Waals surface area contributed by atoms with Crippen molar-refractivity contribution in [3.63, 3.8) is 0 Å². The lowest BCUT2D eigenvalue weighted by atomic mass is 9.99. The molecule has 4 N–H and O–H groups in total. The summed E-state index contributed by atoms with van der Waals surface area (Å²) in [4.78, 5) is 11.3. The van der Waals surface area contributed by atoms with E-state index in [-0.39, 0.29) is 6.10 Å². The number of benzene rings is 1. The van der Waals surface area contributed by atoms with Crippen LogP contribution in [0.4, 0.5) is 0 Å². The number of esters is 1. The van der Waals surface area contributed by atoms with Gasteiger partial charge in [-0.25, -0.2) is 4.79 Å². The van der Waals surface area contributed by atoms with Gasteiger partial charge >= 0.3 is 5.97 Å². The van der Waals surface area contributed by atoms with Crippen LogP contribution in [0.15, 0.2) is 36.4 Å². The smallest absolute Gasteiger partial charge is 0.331 e. The van der Waals surface area contributed by atoms with Gasteiger partial charge in [-0.3, -0.25) is 0 Å². The van der Waals surface area contributed by atoms with Crippen LogP contribution in [-0.2, 0) is 14.3 Å². The molecule has 0 saturated carbocycles. The Bertz CT molecular complexity index is 626. The minimum Gasteiger partial charge on any atom is -0.462 e. The van der Waals surface area contributed by atoms with E-state index in [0.717, 1.165) is 5.56 Å². The molecule has 136 valence electrons. The molecule has 0 unspecified atom stereocenters. The molecule has 8 heteroatoms. The van der Waals surface area contributed by atoms with E-state index in [1.54, 1.807) is 30.3 Å². The molecule has 0 aromatic heterocycles. The largest absolute Gasteiger partial charge is 0.462 e. The maximum atomic E-state index is 11.3. The highest BCUT2D eigenvalue weighted by atomic mass is 16.7. The van der Waals surface area contributed by atoms with Crippen molar-refractivity contribution in [2.45, 2.75) is 43.2 Å². The Morgan fingerprint density at radius 1 is 1.08 bits per heavy atom. The third kappa shape index (κ3) is 3.83. The number of carbonyl (C=O) groups excluding carboxylic acids is 1. The fourth-order valence-corrected chi connectivity index (χ4v) is 2.78. The molecule has 2 heterocycles. The molecule has 8 nitrogen and oxygen atoms in total. The van der Waals surface area contributed by atoms with Gasteiger partial charge < -0.3 is 34.6 Å². The van der Waals surface area contributed by atoms with Crippen LogP contribution < -0.4 is 4.74 Å². The van der Waals surface area contributed by atoms with Crippen LogP contribution >= 0.6 is 0 Å². The van der Waals surface area contributed by atoms with E-state index >= 15 is 0 Å². The van der Waals surface area contributed by atoms with Gasteiger partial charge in [0.25, 0.3) is 0 Å². The Labute approximate surface area is 143 Å². The normalized spacial score (nSPS) is 35.3. The van der Waals surface area contributed by atoms with Crippen LogP contribution in [0.1, 0.15) is 18.1 Å². The Kier molecular flexibility index (Phi) is 5.36. The van der Waals surface area contributed by atoms with Crippen LogP contribution in [0.3, 0.4) is 0 Å². The van der Waals surface area contributed by atoms with Crippen molar-refractivity contribution < 1.29 is 39.4 Å². The van der Waals surface area contributed by atoms with Gasteiger partial charge in [0.2, 0.25) is 6.29 Å². The number of ether oxygens (including phenoxy) is 3. The lowest BCUT2D eigenvalue weighted by Crippen LogP contribution is -2.60. The lowest BCUT2D eigenvalue weighted by molar-refractivity contribution is -0.277.